The molecule has 2 N–H and O–H groups in total. The number of ether oxygens (including phenoxy) is 2. The zero-order chi connectivity index (χ0) is 24.5. The minimum Gasteiger partial charge on any atom is -0.480 e. The monoisotopic (exact) mass is 466 g/mol. The third kappa shape index (κ3) is 4.71. The highest BCUT2D eigenvalue weighted by Gasteiger charge is 2.45. The van der Waals surface area contributed by atoms with E-state index in [4.69, 9.17) is 9.47 Å². The van der Waals surface area contributed by atoms with Crippen molar-refractivity contribution in [2.75, 3.05) is 19.7 Å². The molecule has 2 aliphatic rings. The van der Waals surface area contributed by atoms with Crippen molar-refractivity contribution in [3.05, 3.63) is 59.7 Å². The van der Waals surface area contributed by atoms with Gasteiger partial charge in [-0.25, -0.2) is 14.4 Å². The molecule has 1 saturated heterocycles. The summed E-state index contributed by atoms with van der Waals surface area (Å²) in [5, 5.41) is 12.3. The molecule has 0 bridgehead atoms. The van der Waals surface area contributed by atoms with Crippen molar-refractivity contribution in [2.24, 2.45) is 0 Å². The number of benzene rings is 2. The third-order valence-corrected chi connectivity index (χ3v) is 6.36. The van der Waals surface area contributed by atoms with Gasteiger partial charge in [0.25, 0.3) is 0 Å². The zero-order valence-corrected chi connectivity index (χ0v) is 19.7. The summed E-state index contributed by atoms with van der Waals surface area (Å²) in [6, 6.07) is 16.2. The number of aliphatic carboxylic acids is 1. The smallest absolute Gasteiger partial charge is 0.409 e. The van der Waals surface area contributed by atoms with E-state index in [-0.39, 0.29) is 38.5 Å². The van der Waals surface area contributed by atoms with Gasteiger partial charge in [-0.15, -0.1) is 0 Å². The van der Waals surface area contributed by atoms with E-state index < -0.39 is 29.3 Å². The molecule has 1 heterocycles. The van der Waals surface area contributed by atoms with E-state index in [9.17, 15) is 19.5 Å². The summed E-state index contributed by atoms with van der Waals surface area (Å²) in [7, 11) is 0. The number of amides is 2. The predicted molar refractivity (Wildman–Crippen MR) is 126 cm³/mol. The second kappa shape index (κ2) is 9.00. The molecule has 4 rings (SSSR count). The molecule has 2 aromatic rings. The Morgan fingerprint density at radius 2 is 1.53 bits per heavy atom. The Kier molecular flexibility index (Phi) is 6.25. The van der Waals surface area contributed by atoms with Gasteiger partial charge in [0.15, 0.2) is 0 Å². The summed E-state index contributed by atoms with van der Waals surface area (Å²) >= 11 is 0. The molecule has 180 valence electrons. The Balaban J connectivity index is 1.38. The van der Waals surface area contributed by atoms with Gasteiger partial charge < -0.3 is 24.8 Å². The minimum absolute atomic E-state index is 0.0481. The molecule has 0 radical (unpaired) electrons. The van der Waals surface area contributed by atoms with Crippen molar-refractivity contribution in [3.63, 3.8) is 0 Å². The van der Waals surface area contributed by atoms with Crippen LogP contribution in [0.3, 0.4) is 0 Å². The molecule has 1 aliphatic carbocycles. The fourth-order valence-electron chi connectivity index (χ4n) is 4.65. The SMILES string of the molecule is CC(C)(C)OC(=O)NC1(C(=O)O)CCN(C(=O)OCC2c3ccccc3-c3ccccc32)CC1. The van der Waals surface area contributed by atoms with E-state index >= 15 is 0 Å². The van der Waals surface area contributed by atoms with Gasteiger partial charge >= 0.3 is 18.2 Å². The van der Waals surface area contributed by atoms with Crippen molar-refractivity contribution < 1.29 is 29.0 Å². The molecule has 0 unspecified atom stereocenters. The number of hydrogen-bond acceptors (Lipinski definition) is 5. The van der Waals surface area contributed by atoms with Crippen molar-refractivity contribution in [3.8, 4) is 11.1 Å². The number of nitrogens with zero attached hydrogens (tertiary/aromatic N) is 1. The minimum atomic E-state index is -1.48. The van der Waals surface area contributed by atoms with Crippen molar-refractivity contribution in [1.82, 2.24) is 10.2 Å². The third-order valence-electron chi connectivity index (χ3n) is 6.36. The normalized spacial score (nSPS) is 16.9. The summed E-state index contributed by atoms with van der Waals surface area (Å²) in [4.78, 5) is 38.5. The van der Waals surface area contributed by atoms with Gasteiger partial charge in [0.2, 0.25) is 0 Å². The first-order chi connectivity index (χ1) is 16.1. The molecule has 0 saturated carbocycles. The maximum atomic E-state index is 12.8. The first-order valence-electron chi connectivity index (χ1n) is 11.4. The van der Waals surface area contributed by atoms with E-state index in [0.717, 1.165) is 22.3 Å². The molecular formula is C26H30N2O6. The highest BCUT2D eigenvalue weighted by Crippen LogP contribution is 2.44. The highest BCUT2D eigenvalue weighted by atomic mass is 16.6. The van der Waals surface area contributed by atoms with Crippen LogP contribution in [0.25, 0.3) is 11.1 Å². The van der Waals surface area contributed by atoms with Crippen LogP contribution in [-0.2, 0) is 14.3 Å². The highest BCUT2D eigenvalue weighted by molar-refractivity contribution is 5.85. The molecular weight excluding hydrogens is 436 g/mol. The fraction of sp³-hybridized carbons (Fsp3) is 0.423. The molecule has 1 fully saturated rings. The summed E-state index contributed by atoms with van der Waals surface area (Å²) in [6.07, 6.45) is -1.15. The first-order valence-corrected chi connectivity index (χ1v) is 11.4. The Morgan fingerprint density at radius 1 is 1.00 bits per heavy atom. The first kappa shape index (κ1) is 23.6. The lowest BCUT2D eigenvalue weighted by Crippen LogP contribution is -2.61. The van der Waals surface area contributed by atoms with Crippen LogP contribution in [0.15, 0.2) is 48.5 Å². The Labute approximate surface area is 198 Å². The van der Waals surface area contributed by atoms with Crippen molar-refractivity contribution in [2.45, 2.75) is 50.7 Å². The number of carboxylic acids is 1. The fourth-order valence-corrected chi connectivity index (χ4v) is 4.65. The molecule has 2 aromatic carbocycles. The summed E-state index contributed by atoms with van der Waals surface area (Å²) in [5.41, 5.74) is 2.32. The molecule has 8 nitrogen and oxygen atoms in total. The molecule has 0 aromatic heterocycles. The molecule has 0 spiro atoms. The van der Waals surface area contributed by atoms with Crippen LogP contribution in [-0.4, -0.2) is 59.0 Å². The van der Waals surface area contributed by atoms with Crippen LogP contribution in [0.2, 0.25) is 0 Å². The number of alkyl carbamates (subject to hydrolysis) is 1. The zero-order valence-electron chi connectivity index (χ0n) is 19.7. The number of fused-ring (bicyclic) bond motifs is 3. The maximum absolute atomic E-state index is 12.8. The van der Waals surface area contributed by atoms with Gasteiger partial charge in [-0.05, 0) is 55.9 Å². The average Bonchev–Trinajstić information content (AvgIpc) is 3.10. The average molecular weight is 467 g/mol. The maximum Gasteiger partial charge on any atom is 0.409 e. The topological polar surface area (TPSA) is 105 Å². The molecule has 1 aliphatic heterocycles. The van der Waals surface area contributed by atoms with Crippen molar-refractivity contribution >= 4 is 18.2 Å². The van der Waals surface area contributed by atoms with Gasteiger partial charge in [0.05, 0.1) is 0 Å². The van der Waals surface area contributed by atoms with Crippen LogP contribution in [0, 0.1) is 0 Å². The molecule has 2 amide bonds. The predicted octanol–water partition coefficient (Wildman–Crippen LogP) is 4.38. The standard InChI is InChI=1S/C26H30N2O6/c1-25(2,3)34-23(31)27-26(22(29)30)12-14-28(15-13-26)24(32)33-16-21-19-10-6-4-8-17(19)18-9-5-7-11-20(18)21/h4-11,21H,12-16H2,1-3H3,(H,27,31)(H,29,30). The lowest BCUT2D eigenvalue weighted by Gasteiger charge is -2.39. The van der Waals surface area contributed by atoms with Crippen LogP contribution >= 0.6 is 0 Å². The molecule has 34 heavy (non-hydrogen) atoms. The number of piperidine rings is 1. The number of carboxylic acid groups (broad SMARTS) is 1. The van der Waals surface area contributed by atoms with Crippen LogP contribution in [0.5, 0.6) is 0 Å². The van der Waals surface area contributed by atoms with Gasteiger partial charge in [0.1, 0.15) is 17.7 Å². The quantitative estimate of drug-likeness (QED) is 0.693. The van der Waals surface area contributed by atoms with E-state index in [2.05, 4.69) is 29.6 Å². The van der Waals surface area contributed by atoms with Gasteiger partial charge in [-0.1, -0.05) is 48.5 Å². The molecule has 0 atom stereocenters. The lowest BCUT2D eigenvalue weighted by molar-refractivity contribution is -0.147. The summed E-state index contributed by atoms with van der Waals surface area (Å²) in [6.45, 7) is 5.63. The van der Waals surface area contributed by atoms with Crippen LogP contribution in [0.4, 0.5) is 9.59 Å². The number of rotatable bonds is 4. The van der Waals surface area contributed by atoms with E-state index in [1.54, 1.807) is 20.8 Å². The second-order valence-electron chi connectivity index (χ2n) is 9.81. The number of carbonyl (C=O) groups is 3. The number of likely N-dealkylation sites (tertiary alicyclic amines) is 1. The van der Waals surface area contributed by atoms with Crippen LogP contribution in [0.1, 0.15) is 50.7 Å². The Bertz CT molecular complexity index is 1050. The van der Waals surface area contributed by atoms with E-state index in [1.807, 2.05) is 24.3 Å². The largest absolute Gasteiger partial charge is 0.480 e. The lowest BCUT2D eigenvalue weighted by atomic mass is 9.88. The van der Waals surface area contributed by atoms with Gasteiger partial charge in [-0.2, -0.15) is 0 Å². The van der Waals surface area contributed by atoms with Gasteiger partial charge in [-0.3, -0.25) is 0 Å². The Hall–Kier alpha value is -3.55. The Morgan fingerprint density at radius 3 is 2.03 bits per heavy atom. The number of carbonyl (C=O) groups excluding carboxylic acids is 2. The number of nitrogens with one attached hydrogen (secondary N) is 1. The van der Waals surface area contributed by atoms with Crippen molar-refractivity contribution in [1.29, 1.82) is 0 Å². The van der Waals surface area contributed by atoms with E-state index in [1.165, 1.54) is 4.90 Å². The van der Waals surface area contributed by atoms with Gasteiger partial charge in [0, 0.05) is 19.0 Å². The molecule has 8 heteroatoms. The van der Waals surface area contributed by atoms with E-state index in [0.29, 0.717) is 0 Å². The summed E-state index contributed by atoms with van der Waals surface area (Å²) < 4.78 is 10.9. The second-order valence-corrected chi connectivity index (χ2v) is 9.81. The number of hydrogen-bond donors (Lipinski definition) is 2. The summed E-state index contributed by atoms with van der Waals surface area (Å²) in [5.74, 6) is -1.20. The van der Waals surface area contributed by atoms with Crippen LogP contribution < -0.4 is 5.32 Å².